The third-order valence-electron chi connectivity index (χ3n) is 2.92. The number of pyridine rings is 1. The molecule has 0 aliphatic carbocycles. The van der Waals surface area contributed by atoms with Crippen molar-refractivity contribution in [1.29, 1.82) is 0 Å². The first-order chi connectivity index (χ1) is 9.16. The van der Waals surface area contributed by atoms with Gasteiger partial charge in [0.1, 0.15) is 5.82 Å². The topological polar surface area (TPSA) is 59.3 Å². The number of carbonyl (C=O) groups excluding carboxylic acids is 1. The second-order valence-corrected chi connectivity index (χ2v) is 5.17. The molecule has 0 aromatic carbocycles. The maximum Gasteiger partial charge on any atom is 0.266 e. The first-order valence-corrected chi connectivity index (χ1v) is 6.70. The smallest absolute Gasteiger partial charge is 0.266 e. The summed E-state index contributed by atoms with van der Waals surface area (Å²) in [5.74, 6) is 0.680. The first-order valence-electron chi connectivity index (χ1n) is 5.82. The molecule has 0 spiro atoms. The molecule has 3 rings (SSSR count). The Kier molecular flexibility index (Phi) is 2.79. The van der Waals surface area contributed by atoms with Gasteiger partial charge in [-0.15, -0.1) is 21.5 Å². The average molecular weight is 272 g/mol. The van der Waals surface area contributed by atoms with Crippen molar-refractivity contribution in [3.05, 3.63) is 46.0 Å². The van der Waals surface area contributed by atoms with Crippen LogP contribution in [0.1, 0.15) is 21.1 Å². The maximum absolute atomic E-state index is 12.2. The molecule has 0 bridgehead atoms. The van der Waals surface area contributed by atoms with Gasteiger partial charge in [-0.2, -0.15) is 0 Å². The summed E-state index contributed by atoms with van der Waals surface area (Å²) in [4.78, 5) is 12.9. The van der Waals surface area contributed by atoms with E-state index >= 15 is 0 Å². The van der Waals surface area contributed by atoms with Gasteiger partial charge in [0.05, 0.1) is 10.6 Å². The Morgan fingerprint density at radius 2 is 2.16 bits per heavy atom. The maximum atomic E-state index is 12.2. The lowest BCUT2D eigenvalue weighted by Crippen LogP contribution is -2.12. The van der Waals surface area contributed by atoms with Crippen LogP contribution in [0.3, 0.4) is 0 Å². The molecule has 0 saturated carbocycles. The number of nitrogens with zero attached hydrogens (tertiary/aromatic N) is 3. The molecule has 3 heterocycles. The number of hydrogen-bond acceptors (Lipinski definition) is 4. The Morgan fingerprint density at radius 1 is 1.32 bits per heavy atom. The van der Waals surface area contributed by atoms with E-state index in [4.69, 9.17) is 0 Å². The number of carbonyl (C=O) groups is 1. The van der Waals surface area contributed by atoms with E-state index in [-0.39, 0.29) is 5.91 Å². The highest BCUT2D eigenvalue weighted by molar-refractivity contribution is 7.12. The normalized spacial score (nSPS) is 10.8. The molecule has 3 aromatic heterocycles. The number of anilines is 1. The zero-order chi connectivity index (χ0) is 13.4. The van der Waals surface area contributed by atoms with Gasteiger partial charge in [-0.1, -0.05) is 0 Å². The van der Waals surface area contributed by atoms with Crippen LogP contribution in [0.25, 0.3) is 5.65 Å². The summed E-state index contributed by atoms with van der Waals surface area (Å²) in [7, 11) is 0. The summed E-state index contributed by atoms with van der Waals surface area (Å²) in [5, 5.41) is 12.9. The number of thiophene rings is 1. The molecule has 0 aliphatic rings. The number of amides is 1. The SMILES string of the molecule is Cc1ccsc1C(=O)Nc1cccn2c(C)nnc12. The molecule has 1 amide bonds. The molecule has 3 aromatic rings. The molecule has 0 unspecified atom stereocenters. The molecule has 0 atom stereocenters. The van der Waals surface area contributed by atoms with E-state index in [0.29, 0.717) is 11.3 Å². The molecule has 19 heavy (non-hydrogen) atoms. The predicted molar refractivity (Wildman–Crippen MR) is 74.7 cm³/mol. The number of fused-ring (bicyclic) bond motifs is 1. The van der Waals surface area contributed by atoms with Crippen LogP contribution in [0.2, 0.25) is 0 Å². The van der Waals surface area contributed by atoms with Crippen LogP contribution in [0.4, 0.5) is 5.69 Å². The molecule has 0 radical (unpaired) electrons. The van der Waals surface area contributed by atoms with Crippen LogP contribution in [0.5, 0.6) is 0 Å². The summed E-state index contributed by atoms with van der Waals surface area (Å²) >= 11 is 1.43. The number of rotatable bonds is 2. The van der Waals surface area contributed by atoms with Crippen molar-refractivity contribution in [2.24, 2.45) is 0 Å². The number of hydrogen-bond donors (Lipinski definition) is 1. The van der Waals surface area contributed by atoms with E-state index in [9.17, 15) is 4.79 Å². The van der Waals surface area contributed by atoms with Gasteiger partial charge < -0.3 is 5.32 Å². The second-order valence-electron chi connectivity index (χ2n) is 4.25. The largest absolute Gasteiger partial charge is 0.318 e. The molecule has 96 valence electrons. The summed E-state index contributed by atoms with van der Waals surface area (Å²) in [6.45, 7) is 3.79. The summed E-state index contributed by atoms with van der Waals surface area (Å²) in [6, 6.07) is 5.62. The van der Waals surface area contributed by atoms with E-state index in [0.717, 1.165) is 16.3 Å². The monoisotopic (exact) mass is 272 g/mol. The van der Waals surface area contributed by atoms with Crippen LogP contribution >= 0.6 is 11.3 Å². The van der Waals surface area contributed by atoms with E-state index in [2.05, 4.69) is 15.5 Å². The fourth-order valence-electron chi connectivity index (χ4n) is 1.91. The van der Waals surface area contributed by atoms with Gasteiger partial charge in [0.25, 0.3) is 5.91 Å². The Labute approximate surface area is 113 Å². The van der Waals surface area contributed by atoms with Crippen molar-refractivity contribution < 1.29 is 4.79 Å². The Morgan fingerprint density at radius 3 is 2.89 bits per heavy atom. The summed E-state index contributed by atoms with van der Waals surface area (Å²) < 4.78 is 1.84. The fraction of sp³-hybridized carbons (Fsp3) is 0.154. The van der Waals surface area contributed by atoms with E-state index < -0.39 is 0 Å². The Hall–Kier alpha value is -2.21. The zero-order valence-corrected chi connectivity index (χ0v) is 11.4. The molecule has 1 N–H and O–H groups in total. The third-order valence-corrected chi connectivity index (χ3v) is 3.94. The van der Waals surface area contributed by atoms with Crippen LogP contribution in [0.15, 0.2) is 29.8 Å². The van der Waals surface area contributed by atoms with Crippen molar-refractivity contribution in [2.45, 2.75) is 13.8 Å². The van der Waals surface area contributed by atoms with Gasteiger partial charge in [0, 0.05) is 6.20 Å². The predicted octanol–water partition coefficient (Wildman–Crippen LogP) is 2.66. The minimum Gasteiger partial charge on any atom is -0.318 e. The standard InChI is InChI=1S/C13H12N4OS/c1-8-5-7-19-11(8)13(18)14-10-4-3-6-17-9(2)15-16-12(10)17/h3-7H,1-2H3,(H,14,18). The molecule has 0 saturated heterocycles. The van der Waals surface area contributed by atoms with Crippen LogP contribution in [-0.2, 0) is 0 Å². The van der Waals surface area contributed by atoms with Crippen LogP contribution < -0.4 is 5.32 Å². The van der Waals surface area contributed by atoms with Crippen molar-refractivity contribution in [2.75, 3.05) is 5.32 Å². The molecular weight excluding hydrogens is 260 g/mol. The van der Waals surface area contributed by atoms with Crippen molar-refractivity contribution in [1.82, 2.24) is 14.6 Å². The van der Waals surface area contributed by atoms with Gasteiger partial charge in [-0.05, 0) is 43.0 Å². The van der Waals surface area contributed by atoms with E-state index in [1.807, 2.05) is 48.0 Å². The second kappa shape index (κ2) is 4.47. The number of nitrogens with one attached hydrogen (secondary N) is 1. The van der Waals surface area contributed by atoms with Gasteiger partial charge in [-0.3, -0.25) is 9.20 Å². The number of aryl methyl sites for hydroxylation is 2. The van der Waals surface area contributed by atoms with Crippen molar-refractivity contribution >= 4 is 28.6 Å². The third kappa shape index (κ3) is 2.00. The van der Waals surface area contributed by atoms with Crippen molar-refractivity contribution in [3.63, 3.8) is 0 Å². The van der Waals surface area contributed by atoms with Gasteiger partial charge in [-0.25, -0.2) is 0 Å². The summed E-state index contributed by atoms with van der Waals surface area (Å²) in [6.07, 6.45) is 1.87. The highest BCUT2D eigenvalue weighted by atomic mass is 32.1. The van der Waals surface area contributed by atoms with E-state index in [1.54, 1.807) is 0 Å². The minimum atomic E-state index is -0.110. The average Bonchev–Trinajstić information content (AvgIpc) is 2.97. The lowest BCUT2D eigenvalue weighted by Gasteiger charge is -2.05. The Balaban J connectivity index is 1.98. The quantitative estimate of drug-likeness (QED) is 0.780. The minimum absolute atomic E-state index is 0.110. The van der Waals surface area contributed by atoms with Crippen LogP contribution in [0, 0.1) is 13.8 Å². The fourth-order valence-corrected chi connectivity index (χ4v) is 2.73. The van der Waals surface area contributed by atoms with Gasteiger partial charge in [0.15, 0.2) is 5.65 Å². The van der Waals surface area contributed by atoms with E-state index in [1.165, 1.54) is 11.3 Å². The van der Waals surface area contributed by atoms with Crippen molar-refractivity contribution in [3.8, 4) is 0 Å². The van der Waals surface area contributed by atoms with Crippen LogP contribution in [-0.4, -0.2) is 20.5 Å². The molecular formula is C13H12N4OS. The first kappa shape index (κ1) is 11.9. The number of aromatic nitrogens is 3. The summed E-state index contributed by atoms with van der Waals surface area (Å²) in [5.41, 5.74) is 2.30. The van der Waals surface area contributed by atoms with Gasteiger partial charge in [0.2, 0.25) is 0 Å². The molecule has 6 heteroatoms. The lowest BCUT2D eigenvalue weighted by atomic mass is 10.3. The lowest BCUT2D eigenvalue weighted by molar-refractivity contribution is 0.103. The molecule has 5 nitrogen and oxygen atoms in total. The molecule has 0 fully saturated rings. The Bertz CT molecular complexity index is 759. The van der Waals surface area contributed by atoms with Gasteiger partial charge >= 0.3 is 0 Å². The highest BCUT2D eigenvalue weighted by Gasteiger charge is 2.13. The highest BCUT2D eigenvalue weighted by Crippen LogP contribution is 2.20. The molecule has 0 aliphatic heterocycles. The zero-order valence-electron chi connectivity index (χ0n) is 10.5.